The van der Waals surface area contributed by atoms with Crippen molar-refractivity contribution >= 4 is 21.6 Å². The number of anilines is 1. The lowest BCUT2D eigenvalue weighted by atomic mass is 9.92. The van der Waals surface area contributed by atoms with Crippen LogP contribution in [0.1, 0.15) is 18.4 Å². The van der Waals surface area contributed by atoms with Gasteiger partial charge in [-0.25, -0.2) is 0 Å². The van der Waals surface area contributed by atoms with E-state index in [2.05, 4.69) is 26.9 Å². The van der Waals surface area contributed by atoms with E-state index >= 15 is 0 Å². The van der Waals surface area contributed by atoms with E-state index in [4.69, 9.17) is 0 Å². The summed E-state index contributed by atoms with van der Waals surface area (Å²) in [6.45, 7) is 0.948. The second kappa shape index (κ2) is 3.98. The molecule has 5 heteroatoms. The Morgan fingerprint density at radius 2 is 2.29 bits per heavy atom. The van der Waals surface area contributed by atoms with Gasteiger partial charge in [-0.2, -0.15) is 0 Å². The highest BCUT2D eigenvalue weighted by molar-refractivity contribution is 9.10. The fraction of sp³-hybridized carbons (Fsp3) is 0.500. The Labute approximate surface area is 108 Å². The summed E-state index contributed by atoms with van der Waals surface area (Å²) in [5.41, 5.74) is 2.29. The fourth-order valence-electron chi connectivity index (χ4n) is 3.07. The van der Waals surface area contributed by atoms with E-state index < -0.39 is 6.04 Å². The van der Waals surface area contributed by atoms with Gasteiger partial charge >= 0.3 is 0 Å². The molecule has 1 aromatic carbocycles. The summed E-state index contributed by atoms with van der Waals surface area (Å²) in [6, 6.07) is 5.76. The Hall–Kier alpha value is -1.10. The van der Waals surface area contributed by atoms with E-state index in [1.165, 1.54) is 5.69 Å². The third-order valence-corrected chi connectivity index (χ3v) is 4.29. The molecule has 1 saturated heterocycles. The molecule has 2 aliphatic heterocycles. The van der Waals surface area contributed by atoms with E-state index in [0.29, 0.717) is 6.42 Å². The Balaban J connectivity index is 2.06. The van der Waals surface area contributed by atoms with Gasteiger partial charge in [-0.1, -0.05) is 15.9 Å². The zero-order valence-electron chi connectivity index (χ0n) is 9.30. The second-order valence-corrected chi connectivity index (χ2v) is 5.65. The van der Waals surface area contributed by atoms with Crippen LogP contribution in [0, 0.1) is 10.1 Å². The smallest absolute Gasteiger partial charge is 0.237 e. The minimum atomic E-state index is -0.445. The van der Waals surface area contributed by atoms with Gasteiger partial charge in [0.15, 0.2) is 0 Å². The monoisotopic (exact) mass is 296 g/mol. The SMILES string of the molecule is O=[N+]([O-])C1Cc2cc(Br)ccc2N2CCCC12. The first kappa shape index (κ1) is 11.0. The van der Waals surface area contributed by atoms with Gasteiger partial charge in [-0.3, -0.25) is 10.1 Å². The van der Waals surface area contributed by atoms with E-state index in [1.54, 1.807) is 0 Å². The Bertz CT molecular complexity index is 478. The minimum absolute atomic E-state index is 0.0960. The van der Waals surface area contributed by atoms with Crippen molar-refractivity contribution in [1.29, 1.82) is 0 Å². The summed E-state index contributed by atoms with van der Waals surface area (Å²) in [6.07, 6.45) is 2.56. The predicted molar refractivity (Wildman–Crippen MR) is 69.0 cm³/mol. The maximum atomic E-state index is 11.2. The van der Waals surface area contributed by atoms with Crippen LogP contribution in [0.25, 0.3) is 0 Å². The fourth-order valence-corrected chi connectivity index (χ4v) is 3.47. The van der Waals surface area contributed by atoms with E-state index in [9.17, 15) is 10.1 Å². The van der Waals surface area contributed by atoms with Crippen LogP contribution in [0.5, 0.6) is 0 Å². The lowest BCUT2D eigenvalue weighted by Gasteiger charge is -2.35. The molecule has 0 spiro atoms. The number of halogens is 1. The van der Waals surface area contributed by atoms with Crippen LogP contribution < -0.4 is 4.90 Å². The molecule has 17 heavy (non-hydrogen) atoms. The zero-order valence-corrected chi connectivity index (χ0v) is 10.9. The van der Waals surface area contributed by atoms with E-state index in [1.807, 2.05) is 12.1 Å². The molecule has 90 valence electrons. The lowest BCUT2D eigenvalue weighted by molar-refractivity contribution is -0.525. The topological polar surface area (TPSA) is 46.4 Å². The molecule has 0 aromatic heterocycles. The normalized spacial score (nSPS) is 26.5. The van der Waals surface area contributed by atoms with Gasteiger partial charge in [-0.15, -0.1) is 0 Å². The molecular formula is C12H13BrN2O2. The largest absolute Gasteiger partial charge is 0.361 e. The minimum Gasteiger partial charge on any atom is -0.361 e. The zero-order chi connectivity index (χ0) is 12.0. The molecule has 0 amide bonds. The average molecular weight is 297 g/mol. The summed E-state index contributed by atoms with van der Waals surface area (Å²) in [4.78, 5) is 13.3. The number of nitro groups is 1. The van der Waals surface area contributed by atoms with Gasteiger partial charge in [0.2, 0.25) is 6.04 Å². The summed E-state index contributed by atoms with van der Waals surface area (Å²) in [7, 11) is 0. The van der Waals surface area contributed by atoms with Crippen molar-refractivity contribution in [1.82, 2.24) is 0 Å². The third-order valence-electron chi connectivity index (χ3n) is 3.79. The molecule has 4 nitrogen and oxygen atoms in total. The van der Waals surface area contributed by atoms with Gasteiger partial charge in [0.1, 0.15) is 0 Å². The van der Waals surface area contributed by atoms with E-state index in [-0.39, 0.29) is 11.0 Å². The molecule has 2 aliphatic rings. The Kier molecular flexibility index (Phi) is 2.58. The molecule has 0 saturated carbocycles. The second-order valence-electron chi connectivity index (χ2n) is 4.73. The van der Waals surface area contributed by atoms with Crippen LogP contribution in [0.2, 0.25) is 0 Å². The third kappa shape index (κ3) is 1.73. The van der Waals surface area contributed by atoms with Crippen molar-refractivity contribution in [2.45, 2.75) is 31.3 Å². The van der Waals surface area contributed by atoms with Gasteiger partial charge < -0.3 is 4.90 Å². The molecule has 2 unspecified atom stereocenters. The van der Waals surface area contributed by atoms with Gasteiger partial charge in [0.25, 0.3) is 0 Å². The molecular weight excluding hydrogens is 284 g/mol. The molecule has 0 N–H and O–H groups in total. The van der Waals surface area contributed by atoms with Crippen LogP contribution in [0.3, 0.4) is 0 Å². The first-order valence-corrected chi connectivity index (χ1v) is 6.64. The van der Waals surface area contributed by atoms with Crippen molar-refractivity contribution in [3.63, 3.8) is 0 Å². The van der Waals surface area contributed by atoms with Crippen LogP contribution in [0.4, 0.5) is 5.69 Å². The van der Waals surface area contributed by atoms with Gasteiger partial charge in [-0.05, 0) is 36.6 Å². The number of fused-ring (bicyclic) bond motifs is 3. The number of nitrogens with zero attached hydrogens (tertiary/aromatic N) is 2. The molecule has 0 radical (unpaired) electrons. The summed E-state index contributed by atoms with van der Waals surface area (Å²) in [5.74, 6) is 0. The number of hydrogen-bond donors (Lipinski definition) is 0. The standard InChI is InChI=1S/C12H13BrN2O2/c13-9-3-4-10-8(6-9)7-12(15(16)17)11-2-1-5-14(10)11/h3-4,6,11-12H,1-2,5,7H2. The summed E-state index contributed by atoms with van der Waals surface area (Å²) in [5, 5.41) is 11.2. The van der Waals surface area contributed by atoms with Crippen LogP contribution in [-0.2, 0) is 6.42 Å². The molecule has 0 aliphatic carbocycles. The van der Waals surface area contributed by atoms with Crippen molar-refractivity contribution < 1.29 is 4.92 Å². The molecule has 1 aromatic rings. The lowest BCUT2D eigenvalue weighted by Crippen LogP contribution is -2.48. The number of rotatable bonds is 1. The average Bonchev–Trinajstić information content (AvgIpc) is 2.76. The van der Waals surface area contributed by atoms with Crippen molar-refractivity contribution in [3.8, 4) is 0 Å². The van der Waals surface area contributed by atoms with Crippen molar-refractivity contribution in [3.05, 3.63) is 38.3 Å². The highest BCUT2D eigenvalue weighted by Crippen LogP contribution is 2.38. The number of benzene rings is 1. The first-order valence-electron chi connectivity index (χ1n) is 5.85. The first-order chi connectivity index (χ1) is 8.16. The highest BCUT2D eigenvalue weighted by atomic mass is 79.9. The number of hydrogen-bond acceptors (Lipinski definition) is 3. The van der Waals surface area contributed by atoms with Gasteiger partial charge in [0, 0.05) is 28.0 Å². The Morgan fingerprint density at radius 1 is 1.47 bits per heavy atom. The predicted octanol–water partition coefficient (Wildman–Crippen LogP) is 2.62. The summed E-state index contributed by atoms with van der Waals surface area (Å²) >= 11 is 3.43. The van der Waals surface area contributed by atoms with Crippen LogP contribution in [-0.4, -0.2) is 23.6 Å². The highest BCUT2D eigenvalue weighted by Gasteiger charge is 2.43. The molecule has 1 fully saturated rings. The Morgan fingerprint density at radius 3 is 3.06 bits per heavy atom. The van der Waals surface area contributed by atoms with E-state index in [0.717, 1.165) is 29.4 Å². The summed E-state index contributed by atoms with van der Waals surface area (Å²) < 4.78 is 0.996. The molecule has 2 heterocycles. The van der Waals surface area contributed by atoms with Crippen LogP contribution in [0.15, 0.2) is 22.7 Å². The van der Waals surface area contributed by atoms with Crippen LogP contribution >= 0.6 is 15.9 Å². The van der Waals surface area contributed by atoms with Gasteiger partial charge in [0.05, 0.1) is 6.04 Å². The maximum absolute atomic E-state index is 11.2. The van der Waals surface area contributed by atoms with Crippen molar-refractivity contribution in [2.75, 3.05) is 11.4 Å². The molecule has 3 rings (SSSR count). The molecule has 2 atom stereocenters. The van der Waals surface area contributed by atoms with Crippen molar-refractivity contribution in [2.24, 2.45) is 0 Å². The molecule has 0 bridgehead atoms. The maximum Gasteiger partial charge on any atom is 0.237 e. The quantitative estimate of drug-likeness (QED) is 0.591.